The third-order valence-electron chi connectivity index (χ3n) is 13.0. The molecule has 24 bridgehead atoms. The van der Waals surface area contributed by atoms with E-state index in [-0.39, 0.29) is 5.92 Å². The first-order chi connectivity index (χ1) is 22.3. The van der Waals surface area contributed by atoms with E-state index in [1.54, 1.807) is 44.5 Å². The van der Waals surface area contributed by atoms with Crippen LogP contribution >= 0.6 is 0 Å². The fraction of sp³-hybridized carbons (Fsp3) is 0.156. The maximum Gasteiger partial charge on any atom is 0.0217 e. The summed E-state index contributed by atoms with van der Waals surface area (Å²) in [5, 5.41) is 0. The van der Waals surface area contributed by atoms with E-state index in [0.717, 1.165) is 38.5 Å². The van der Waals surface area contributed by atoms with E-state index in [2.05, 4.69) is 78.7 Å². The number of rotatable bonds is 1. The molecule has 0 N–H and O–H groups in total. The summed E-state index contributed by atoms with van der Waals surface area (Å²) in [6.45, 7) is 0. The third-order valence-corrected chi connectivity index (χ3v) is 13.0. The van der Waals surface area contributed by atoms with Crippen molar-refractivity contribution >= 4 is 0 Å². The Hall–Kier alpha value is -5.12. The summed E-state index contributed by atoms with van der Waals surface area (Å²) in [6, 6.07) is 29.2. The topological polar surface area (TPSA) is 0 Å². The van der Waals surface area contributed by atoms with E-state index in [4.69, 9.17) is 6.42 Å². The summed E-state index contributed by atoms with van der Waals surface area (Å²) >= 11 is 0. The minimum atomic E-state index is 0.258. The van der Waals surface area contributed by atoms with Crippen LogP contribution in [0.4, 0.5) is 0 Å². The van der Waals surface area contributed by atoms with Gasteiger partial charge in [0.25, 0.3) is 0 Å². The summed E-state index contributed by atoms with van der Waals surface area (Å²) in [7, 11) is 0. The molecule has 13 rings (SSSR count). The van der Waals surface area contributed by atoms with Crippen LogP contribution in [0.1, 0.15) is 79.1 Å². The molecule has 0 nitrogen and oxygen atoms in total. The molecular weight excluding hydrogens is 540 g/mol. The highest BCUT2D eigenvalue weighted by atomic mass is 14.4. The number of hydrogen-bond acceptors (Lipinski definition) is 0. The smallest absolute Gasteiger partial charge is 0.0217 e. The highest BCUT2D eigenvalue weighted by Crippen LogP contribution is 2.59. The maximum atomic E-state index is 6.20. The molecule has 0 radical (unpaired) electrons. The van der Waals surface area contributed by atoms with Gasteiger partial charge in [-0.3, -0.25) is 0 Å². The second-order valence-electron chi connectivity index (χ2n) is 14.4. The van der Waals surface area contributed by atoms with Gasteiger partial charge in [0.2, 0.25) is 0 Å². The van der Waals surface area contributed by atoms with Crippen LogP contribution in [0.5, 0.6) is 0 Å². The van der Waals surface area contributed by atoms with E-state index in [9.17, 15) is 0 Å². The highest BCUT2D eigenvalue weighted by molar-refractivity contribution is 5.97. The van der Waals surface area contributed by atoms with Gasteiger partial charge in [-0.2, -0.15) is 0 Å². The van der Waals surface area contributed by atoms with Crippen LogP contribution in [0.15, 0.2) is 72.8 Å². The van der Waals surface area contributed by atoms with E-state index < -0.39 is 0 Å². The second-order valence-corrected chi connectivity index (χ2v) is 14.4. The molecule has 0 saturated heterocycles. The SMILES string of the molecule is C#CCC1c2c3ccc4c2Cc2c-4ccc4c2Cc2c-4ccc4c2Cc2c-4ccc4c2Cc2c-4ccc4c2Cc2c-4ccc-3c21. The molecule has 0 amide bonds. The largest absolute Gasteiger partial charge is 0.120 e. The van der Waals surface area contributed by atoms with Crippen molar-refractivity contribution in [2.24, 2.45) is 0 Å². The summed E-state index contributed by atoms with van der Waals surface area (Å²) < 4.78 is 0. The lowest BCUT2D eigenvalue weighted by Gasteiger charge is -2.17. The molecule has 7 aliphatic carbocycles. The van der Waals surface area contributed by atoms with Gasteiger partial charge in [0.1, 0.15) is 0 Å². The Morgan fingerprint density at radius 3 is 0.844 bits per heavy atom. The van der Waals surface area contributed by atoms with Gasteiger partial charge in [0.05, 0.1) is 0 Å². The van der Waals surface area contributed by atoms with E-state index >= 15 is 0 Å². The third kappa shape index (κ3) is 2.29. The van der Waals surface area contributed by atoms with Crippen LogP contribution in [0.3, 0.4) is 0 Å². The summed E-state index contributed by atoms with van der Waals surface area (Å²) in [4.78, 5) is 0. The predicted molar refractivity (Wildman–Crippen MR) is 182 cm³/mol. The first-order valence-electron chi connectivity index (χ1n) is 16.6. The monoisotopic (exact) mass is 566 g/mol. The molecule has 6 aromatic carbocycles. The Bertz CT molecular complexity index is 2420. The molecule has 6 aromatic rings. The first-order valence-corrected chi connectivity index (χ1v) is 16.6. The lowest BCUT2D eigenvalue weighted by Crippen LogP contribution is -2.03. The van der Waals surface area contributed by atoms with Gasteiger partial charge < -0.3 is 0 Å². The fourth-order valence-electron chi connectivity index (χ4n) is 11.2. The zero-order valence-electron chi connectivity index (χ0n) is 24.8. The molecule has 0 saturated carbocycles. The number of hydrogen-bond donors (Lipinski definition) is 0. The molecule has 0 aromatic heterocycles. The van der Waals surface area contributed by atoms with E-state index in [0.29, 0.717) is 0 Å². The van der Waals surface area contributed by atoms with Crippen LogP contribution in [0, 0.1) is 12.3 Å². The Kier molecular flexibility index (Phi) is 3.52. The Morgan fingerprint density at radius 2 is 0.578 bits per heavy atom. The van der Waals surface area contributed by atoms with Crippen molar-refractivity contribution in [2.45, 2.75) is 44.4 Å². The van der Waals surface area contributed by atoms with Crippen molar-refractivity contribution in [2.75, 3.05) is 0 Å². The summed E-state index contributed by atoms with van der Waals surface area (Å²) in [5.74, 6) is 3.40. The number of benzene rings is 6. The molecule has 0 atom stereocenters. The van der Waals surface area contributed by atoms with Gasteiger partial charge in [-0.25, -0.2) is 0 Å². The van der Waals surface area contributed by atoms with E-state index in [1.807, 2.05) is 0 Å². The van der Waals surface area contributed by atoms with Crippen LogP contribution in [-0.2, 0) is 32.1 Å². The van der Waals surface area contributed by atoms with Gasteiger partial charge in [0.15, 0.2) is 0 Å². The maximum absolute atomic E-state index is 6.20. The molecule has 206 valence electrons. The quantitative estimate of drug-likeness (QED) is 0.174. The van der Waals surface area contributed by atoms with Crippen LogP contribution in [0.2, 0.25) is 0 Å². The summed E-state index contributed by atoms with van der Waals surface area (Å²) in [5.41, 5.74) is 36.1. The molecule has 45 heavy (non-hydrogen) atoms. The van der Waals surface area contributed by atoms with Crippen LogP contribution in [0.25, 0.3) is 66.8 Å². The molecule has 0 heteroatoms. The highest BCUT2D eigenvalue weighted by Gasteiger charge is 2.41. The Balaban J connectivity index is 1.16. The Morgan fingerprint density at radius 1 is 0.356 bits per heavy atom. The van der Waals surface area contributed by atoms with Gasteiger partial charge in [-0.1, -0.05) is 72.8 Å². The van der Waals surface area contributed by atoms with Crippen molar-refractivity contribution in [1.29, 1.82) is 0 Å². The normalized spacial score (nSPS) is 16.0. The molecule has 0 fully saturated rings. The summed E-state index contributed by atoms with van der Waals surface area (Å²) in [6.07, 6.45) is 12.2. The van der Waals surface area contributed by atoms with Crippen molar-refractivity contribution < 1.29 is 0 Å². The molecule has 0 aliphatic heterocycles. The zero-order valence-corrected chi connectivity index (χ0v) is 24.8. The molecule has 0 heterocycles. The second kappa shape index (κ2) is 7.06. The lowest BCUT2D eigenvalue weighted by molar-refractivity contribution is 0.849. The minimum absolute atomic E-state index is 0.258. The lowest BCUT2D eigenvalue weighted by atomic mass is 9.85. The number of terminal acetylenes is 1. The van der Waals surface area contributed by atoms with Crippen LogP contribution in [-0.4, -0.2) is 0 Å². The standard InChI is InChI=1S/C45H26/c1-2-3-33-44-31-14-12-29-27-10-8-25-23-6-4-21-22-5-7-24-26-9-11-28-30-13-15-32(31)45(33)43(30)20-41(28)39(26)18-37(24)35(22)16-34(21)36(23)17-38(25)40(27)19-42(29)44/h1,4-15,33H,3,16-20H2. The molecule has 0 spiro atoms. The van der Waals surface area contributed by atoms with Gasteiger partial charge in [-0.05, 0) is 166 Å². The molecular formula is C45H26. The van der Waals surface area contributed by atoms with Gasteiger partial charge in [-0.15, -0.1) is 12.3 Å². The van der Waals surface area contributed by atoms with E-state index in [1.165, 1.54) is 89.0 Å². The molecule has 7 aliphatic rings. The first kappa shape index (κ1) is 22.4. The van der Waals surface area contributed by atoms with Crippen molar-refractivity contribution in [3.63, 3.8) is 0 Å². The van der Waals surface area contributed by atoms with Crippen molar-refractivity contribution in [3.05, 3.63) is 140 Å². The van der Waals surface area contributed by atoms with Gasteiger partial charge >= 0.3 is 0 Å². The van der Waals surface area contributed by atoms with Gasteiger partial charge in [0, 0.05) is 12.3 Å². The Labute approximate surface area is 262 Å². The van der Waals surface area contributed by atoms with Crippen molar-refractivity contribution in [1.82, 2.24) is 0 Å². The van der Waals surface area contributed by atoms with Crippen molar-refractivity contribution in [3.8, 4) is 79.1 Å². The molecule has 0 unspecified atom stereocenters. The zero-order chi connectivity index (χ0) is 28.9. The minimum Gasteiger partial charge on any atom is -0.120 e. The average molecular weight is 567 g/mol. The predicted octanol–water partition coefficient (Wildman–Crippen LogP) is 9.99. The van der Waals surface area contributed by atoms with Crippen LogP contribution < -0.4 is 0 Å². The fourth-order valence-corrected chi connectivity index (χ4v) is 11.2. The average Bonchev–Trinajstić information content (AvgIpc) is 3.88.